The Morgan fingerprint density at radius 1 is 0.970 bits per heavy atom. The minimum absolute atomic E-state index is 0.283. The number of methoxy groups -OCH3 is 2. The van der Waals surface area contributed by atoms with Crippen molar-refractivity contribution < 1.29 is 18.7 Å². The maximum absolute atomic E-state index is 13.2. The average molecular weight is 503 g/mol. The summed E-state index contributed by atoms with van der Waals surface area (Å²) in [4.78, 5) is 17.7. The third kappa shape index (κ3) is 3.91. The van der Waals surface area contributed by atoms with Crippen molar-refractivity contribution >= 4 is 49.4 Å². The highest BCUT2D eigenvalue weighted by atomic mass is 79.9. The van der Waals surface area contributed by atoms with Crippen LogP contribution in [0.1, 0.15) is 10.4 Å². The van der Waals surface area contributed by atoms with Crippen molar-refractivity contribution in [3.05, 3.63) is 82.8 Å². The molecule has 0 aliphatic heterocycles. The van der Waals surface area contributed by atoms with E-state index < -0.39 is 0 Å². The molecule has 0 saturated heterocycles. The van der Waals surface area contributed by atoms with Gasteiger partial charge in [-0.25, -0.2) is 4.98 Å². The van der Waals surface area contributed by atoms with E-state index in [1.165, 1.54) is 0 Å². The first kappa shape index (κ1) is 21.0. The van der Waals surface area contributed by atoms with Crippen LogP contribution in [0.3, 0.4) is 0 Å². The van der Waals surface area contributed by atoms with E-state index in [9.17, 15) is 4.79 Å². The van der Waals surface area contributed by atoms with Gasteiger partial charge >= 0.3 is 0 Å². The van der Waals surface area contributed by atoms with E-state index in [0.29, 0.717) is 34.0 Å². The number of carbonyl (C=O) groups excluding carboxylic acids is 1. The average Bonchev–Trinajstić information content (AvgIpc) is 3.27. The van der Waals surface area contributed by atoms with E-state index in [2.05, 4.69) is 26.2 Å². The second-order valence-electron chi connectivity index (χ2n) is 7.38. The summed E-state index contributed by atoms with van der Waals surface area (Å²) in [6.45, 7) is 0. The van der Waals surface area contributed by atoms with Crippen LogP contribution in [0.15, 0.2) is 81.7 Å². The maximum Gasteiger partial charge on any atom is 0.259 e. The summed E-state index contributed by atoms with van der Waals surface area (Å²) in [7, 11) is 3.16. The number of fused-ring (bicyclic) bond motifs is 2. The highest BCUT2D eigenvalue weighted by molar-refractivity contribution is 9.10. The molecule has 7 heteroatoms. The van der Waals surface area contributed by atoms with Crippen LogP contribution in [0.25, 0.3) is 33.3 Å². The molecule has 0 atom stereocenters. The Labute approximate surface area is 198 Å². The first-order chi connectivity index (χ1) is 16.1. The van der Waals surface area contributed by atoms with Gasteiger partial charge < -0.3 is 19.2 Å². The number of halogens is 1. The molecule has 0 aliphatic carbocycles. The molecule has 0 bridgehead atoms. The molecule has 0 spiro atoms. The monoisotopic (exact) mass is 502 g/mol. The number of anilines is 1. The van der Waals surface area contributed by atoms with Crippen molar-refractivity contribution in [2.45, 2.75) is 0 Å². The van der Waals surface area contributed by atoms with Gasteiger partial charge in [0.05, 0.1) is 24.3 Å². The van der Waals surface area contributed by atoms with Gasteiger partial charge in [-0.3, -0.25) is 4.79 Å². The summed E-state index contributed by atoms with van der Waals surface area (Å²) in [5.74, 6) is 1.40. The summed E-state index contributed by atoms with van der Waals surface area (Å²) in [6.07, 6.45) is 0. The normalized spacial score (nSPS) is 11.0. The van der Waals surface area contributed by atoms with E-state index >= 15 is 0 Å². The van der Waals surface area contributed by atoms with Gasteiger partial charge in [0.2, 0.25) is 5.89 Å². The second-order valence-corrected chi connectivity index (χ2v) is 8.17. The molecule has 0 radical (unpaired) electrons. The summed E-state index contributed by atoms with van der Waals surface area (Å²) >= 11 is 3.58. The van der Waals surface area contributed by atoms with Gasteiger partial charge in [0, 0.05) is 11.3 Å². The third-order valence-corrected chi connectivity index (χ3v) is 6.14. The zero-order valence-electron chi connectivity index (χ0n) is 17.9. The van der Waals surface area contributed by atoms with Crippen molar-refractivity contribution in [2.75, 3.05) is 19.5 Å². The number of oxazole rings is 1. The van der Waals surface area contributed by atoms with Crippen LogP contribution in [0.4, 0.5) is 5.69 Å². The minimum atomic E-state index is -0.283. The zero-order valence-corrected chi connectivity index (χ0v) is 19.5. The van der Waals surface area contributed by atoms with E-state index in [-0.39, 0.29) is 5.91 Å². The number of amides is 1. The highest BCUT2D eigenvalue weighted by Gasteiger charge is 2.19. The lowest BCUT2D eigenvalue weighted by molar-refractivity contribution is 0.102. The molecule has 1 N–H and O–H groups in total. The SMILES string of the molecule is COc1cccc(-c2nc3cc(NC(=O)c4cc5ccccc5c(Br)c4OC)ccc3o2)c1. The number of hydrogen-bond donors (Lipinski definition) is 1. The van der Waals surface area contributed by atoms with Crippen LogP contribution < -0.4 is 14.8 Å². The molecule has 1 heterocycles. The Bertz CT molecular complexity index is 1510. The Hall–Kier alpha value is -3.84. The summed E-state index contributed by atoms with van der Waals surface area (Å²) in [5.41, 5.74) is 3.10. The first-order valence-electron chi connectivity index (χ1n) is 10.2. The fraction of sp³-hybridized carbons (Fsp3) is 0.0769. The third-order valence-electron chi connectivity index (χ3n) is 5.35. The molecule has 0 fully saturated rings. The number of hydrogen-bond acceptors (Lipinski definition) is 5. The molecule has 0 saturated carbocycles. The van der Waals surface area contributed by atoms with Crippen molar-refractivity contribution in [3.8, 4) is 23.0 Å². The van der Waals surface area contributed by atoms with Gasteiger partial charge in [-0.1, -0.05) is 30.3 Å². The Kier molecular flexibility index (Phi) is 5.48. The quantitative estimate of drug-likeness (QED) is 0.290. The minimum Gasteiger partial charge on any atom is -0.497 e. The molecular formula is C26H19BrN2O4. The number of nitrogens with zero attached hydrogens (tertiary/aromatic N) is 1. The van der Waals surface area contributed by atoms with Crippen molar-refractivity contribution in [1.82, 2.24) is 4.98 Å². The summed E-state index contributed by atoms with van der Waals surface area (Å²) in [6, 6.07) is 22.5. The number of rotatable bonds is 5. The molecular weight excluding hydrogens is 484 g/mol. The van der Waals surface area contributed by atoms with Crippen LogP contribution in [0.2, 0.25) is 0 Å². The van der Waals surface area contributed by atoms with E-state index in [1.807, 2.05) is 54.6 Å². The number of aromatic nitrogens is 1. The lowest BCUT2D eigenvalue weighted by Crippen LogP contribution is -2.13. The zero-order chi connectivity index (χ0) is 22.9. The van der Waals surface area contributed by atoms with Crippen LogP contribution in [-0.2, 0) is 0 Å². The topological polar surface area (TPSA) is 73.6 Å². The molecule has 5 aromatic rings. The standard InChI is InChI=1S/C26H19BrN2O4/c1-31-18-8-5-7-16(12-18)26-29-21-14-17(10-11-22(21)33-26)28-25(30)20-13-15-6-3-4-9-19(15)23(27)24(20)32-2/h3-14H,1-2H3,(H,28,30). The van der Waals surface area contributed by atoms with E-state index in [0.717, 1.165) is 26.6 Å². The van der Waals surface area contributed by atoms with E-state index in [1.54, 1.807) is 32.4 Å². The van der Waals surface area contributed by atoms with Gasteiger partial charge in [0.1, 0.15) is 17.0 Å². The van der Waals surface area contributed by atoms with Gasteiger partial charge in [0.25, 0.3) is 5.91 Å². The Balaban J connectivity index is 1.47. The summed E-state index contributed by atoms with van der Waals surface area (Å²) in [5, 5.41) is 4.85. The molecule has 0 unspecified atom stereocenters. The smallest absolute Gasteiger partial charge is 0.259 e. The number of carbonyl (C=O) groups is 1. The fourth-order valence-corrected chi connectivity index (χ4v) is 4.47. The predicted molar refractivity (Wildman–Crippen MR) is 132 cm³/mol. The lowest BCUT2D eigenvalue weighted by atomic mass is 10.1. The molecule has 164 valence electrons. The van der Waals surface area contributed by atoms with Crippen molar-refractivity contribution in [3.63, 3.8) is 0 Å². The van der Waals surface area contributed by atoms with Gasteiger partial charge in [0.15, 0.2) is 5.58 Å². The van der Waals surface area contributed by atoms with Crippen LogP contribution >= 0.6 is 15.9 Å². The molecule has 0 aliphatic rings. The molecule has 5 rings (SSSR count). The summed E-state index contributed by atoms with van der Waals surface area (Å²) < 4.78 is 17.5. The van der Waals surface area contributed by atoms with Gasteiger partial charge in [-0.15, -0.1) is 0 Å². The van der Waals surface area contributed by atoms with Crippen LogP contribution in [0.5, 0.6) is 11.5 Å². The lowest BCUT2D eigenvalue weighted by Gasteiger charge is -2.13. The maximum atomic E-state index is 13.2. The van der Waals surface area contributed by atoms with Gasteiger partial charge in [-0.2, -0.15) is 0 Å². The van der Waals surface area contributed by atoms with Crippen molar-refractivity contribution in [2.24, 2.45) is 0 Å². The number of ether oxygens (including phenoxy) is 2. The molecule has 33 heavy (non-hydrogen) atoms. The molecule has 4 aromatic carbocycles. The van der Waals surface area contributed by atoms with Gasteiger partial charge in [-0.05, 0) is 69.2 Å². The fourth-order valence-electron chi connectivity index (χ4n) is 3.74. The number of nitrogens with one attached hydrogen (secondary N) is 1. The highest BCUT2D eigenvalue weighted by Crippen LogP contribution is 2.37. The Morgan fingerprint density at radius 3 is 2.64 bits per heavy atom. The molecule has 1 amide bonds. The first-order valence-corrected chi connectivity index (χ1v) is 11.0. The van der Waals surface area contributed by atoms with Crippen LogP contribution in [-0.4, -0.2) is 25.1 Å². The predicted octanol–water partition coefficient (Wildman–Crippen LogP) is 6.68. The molecule has 6 nitrogen and oxygen atoms in total. The second kappa shape index (κ2) is 8.60. The van der Waals surface area contributed by atoms with E-state index in [4.69, 9.17) is 13.9 Å². The Morgan fingerprint density at radius 2 is 1.82 bits per heavy atom. The van der Waals surface area contributed by atoms with Crippen LogP contribution in [0, 0.1) is 0 Å². The number of benzene rings is 4. The largest absolute Gasteiger partial charge is 0.497 e. The molecule has 1 aromatic heterocycles. The van der Waals surface area contributed by atoms with Crippen molar-refractivity contribution in [1.29, 1.82) is 0 Å².